The van der Waals surface area contributed by atoms with E-state index in [1.165, 1.54) is 0 Å². The quantitative estimate of drug-likeness (QED) is 0.0198. The van der Waals surface area contributed by atoms with E-state index >= 15 is 0 Å². The Morgan fingerprint density at radius 1 is 0.349 bits per heavy atom. The Kier molecular flexibility index (Phi) is 50.4. The molecule has 129 heavy (non-hydrogen) atoms. The van der Waals surface area contributed by atoms with Crippen molar-refractivity contribution in [1.82, 2.24) is 51.2 Å². The summed E-state index contributed by atoms with van der Waals surface area (Å²) in [6.07, 6.45) is -22.0. The van der Waals surface area contributed by atoms with E-state index in [1.54, 1.807) is 30.3 Å². The maximum Gasteiger partial charge on any atom is 0.434 e. The SMILES string of the molecule is O=C(CCOCC(COCCC(=O)NCCOCCOCCOCCOC[C@H]1OC[C@H](Nc2cncc(C(F)(F)F)n2)[C@@H](O)[C@H]1O)(COCCC(=O)NCCOCCOCCOCCOC[C@H]1OC[C@H](Nc2cncc(C(F)(F)F)n2)[C@@H](O)[C@H]1O)NC(=O)OCc1ccccc1)NCCOCCOCCOCCOC[C@H]1OC[C@H](Nc2cncc(C(F)(F)F)n2)[C@@H](O)[C@H]1O. The smallest absolute Gasteiger partial charge is 0.434 e. The molecule has 0 aliphatic carbocycles. The first-order valence-electron chi connectivity index (χ1n) is 41.4. The molecule has 0 radical (unpaired) electrons. The van der Waals surface area contributed by atoms with Crippen molar-refractivity contribution in [3.63, 3.8) is 0 Å². The van der Waals surface area contributed by atoms with Gasteiger partial charge in [-0.1, -0.05) is 30.3 Å². The fraction of sp³-hybridized carbons (Fsp3) is 0.718. The van der Waals surface area contributed by atoms with Crippen LogP contribution in [-0.2, 0) is 130 Å². The van der Waals surface area contributed by atoms with E-state index < -0.39 is 138 Å². The Morgan fingerprint density at radius 2 is 0.620 bits per heavy atom. The van der Waals surface area contributed by atoms with Crippen molar-refractivity contribution >= 4 is 41.3 Å². The summed E-state index contributed by atoms with van der Waals surface area (Å²) >= 11 is 0. The number of nitrogens with one attached hydrogen (secondary N) is 7. The first-order valence-corrected chi connectivity index (χ1v) is 41.4. The summed E-state index contributed by atoms with van der Waals surface area (Å²) in [5.41, 5.74) is -4.55. The van der Waals surface area contributed by atoms with Crippen LogP contribution in [0, 0.1) is 0 Å². The molecule has 13 N–H and O–H groups in total. The Balaban J connectivity index is 0.750. The lowest BCUT2D eigenvalue weighted by Crippen LogP contribution is -2.59. The van der Waals surface area contributed by atoms with E-state index in [9.17, 15) is 89.3 Å². The van der Waals surface area contributed by atoms with Crippen LogP contribution in [0.3, 0.4) is 0 Å². The number of carbonyl (C=O) groups is 4. The molecule has 3 aromatic heterocycles. The number of hydrogen-bond acceptors (Lipinski definition) is 38. The van der Waals surface area contributed by atoms with Crippen LogP contribution in [0.15, 0.2) is 67.5 Å². The van der Waals surface area contributed by atoms with Crippen LogP contribution >= 0.6 is 0 Å². The van der Waals surface area contributed by atoms with Crippen LogP contribution in [0.4, 0.5) is 61.8 Å². The van der Waals surface area contributed by atoms with E-state index in [1.807, 2.05) is 0 Å². The third-order valence-corrected chi connectivity index (χ3v) is 18.7. The highest BCUT2D eigenvalue weighted by atomic mass is 19.4. The molecule has 3 saturated heterocycles. The number of aromatic nitrogens is 6. The van der Waals surface area contributed by atoms with Gasteiger partial charge in [-0.2, -0.15) is 39.5 Å². The van der Waals surface area contributed by atoms with Gasteiger partial charge in [-0.25, -0.2) is 19.7 Å². The van der Waals surface area contributed by atoms with Crippen LogP contribution in [-0.4, -0.2) is 401 Å². The number of alkyl halides is 9. The van der Waals surface area contributed by atoms with Gasteiger partial charge in [0.1, 0.15) is 84.5 Å². The van der Waals surface area contributed by atoms with Gasteiger partial charge in [0.25, 0.3) is 0 Å². The summed E-state index contributed by atoms with van der Waals surface area (Å²) in [5, 5.41) is 82.4. The molecule has 730 valence electrons. The summed E-state index contributed by atoms with van der Waals surface area (Å²) in [5.74, 6) is -1.96. The average molecular weight is 1870 g/mol. The number of rotatable bonds is 66. The third kappa shape index (κ3) is 43.5. The van der Waals surface area contributed by atoms with Crippen molar-refractivity contribution in [2.24, 2.45) is 0 Å². The van der Waals surface area contributed by atoms with E-state index in [-0.39, 0.29) is 281 Å². The maximum atomic E-state index is 13.6. The summed E-state index contributed by atoms with van der Waals surface area (Å²) in [6.45, 7) is 1.66. The molecule has 0 saturated carbocycles. The number of ether oxygens (including phenoxy) is 19. The number of carbonyl (C=O) groups excluding carboxylic acids is 4. The zero-order chi connectivity index (χ0) is 93.0. The number of alkyl carbamates (subject to hydrolysis) is 1. The molecule has 0 spiro atoms. The molecule has 1 aromatic carbocycles. The number of amides is 4. The van der Waals surface area contributed by atoms with Gasteiger partial charge in [0, 0.05) is 38.9 Å². The van der Waals surface area contributed by atoms with Gasteiger partial charge >= 0.3 is 24.6 Å². The maximum absolute atomic E-state index is 13.6. The molecule has 3 aliphatic heterocycles. The number of aliphatic hydroxyl groups excluding tert-OH is 6. The predicted octanol–water partition coefficient (Wildman–Crippen LogP) is -0.350. The molecule has 12 atom stereocenters. The Bertz CT molecular complexity index is 3430. The molecule has 0 bridgehead atoms. The monoisotopic (exact) mass is 1870 g/mol. The van der Waals surface area contributed by atoms with Gasteiger partial charge in [-0.3, -0.25) is 29.3 Å². The second kappa shape index (κ2) is 60.2. The molecule has 3 fully saturated rings. The number of nitrogens with zero attached hydrogens (tertiary/aromatic N) is 6. The van der Waals surface area contributed by atoms with E-state index in [2.05, 4.69) is 67.1 Å². The highest BCUT2D eigenvalue weighted by Gasteiger charge is 2.44. The molecule has 42 nitrogen and oxygen atoms in total. The van der Waals surface area contributed by atoms with Crippen LogP contribution in [0.25, 0.3) is 0 Å². The largest absolute Gasteiger partial charge is 0.445 e. The number of halogens is 9. The number of anilines is 3. The summed E-state index contributed by atoms with van der Waals surface area (Å²) in [4.78, 5) is 73.5. The van der Waals surface area contributed by atoms with Crippen molar-refractivity contribution in [1.29, 1.82) is 0 Å². The fourth-order valence-electron chi connectivity index (χ4n) is 11.9. The van der Waals surface area contributed by atoms with E-state index in [0.29, 0.717) is 24.2 Å². The van der Waals surface area contributed by atoms with Gasteiger partial charge in [0.05, 0.1) is 273 Å². The van der Waals surface area contributed by atoms with Crippen LogP contribution in [0.1, 0.15) is 41.9 Å². The van der Waals surface area contributed by atoms with Crippen LogP contribution in [0.2, 0.25) is 0 Å². The van der Waals surface area contributed by atoms with Crippen LogP contribution < -0.4 is 37.2 Å². The van der Waals surface area contributed by atoms with Gasteiger partial charge in [0.2, 0.25) is 17.7 Å². The first kappa shape index (κ1) is 108. The Hall–Kier alpha value is -8.05. The topological polar surface area (TPSA) is 527 Å². The molecular weight excluding hydrogens is 1750 g/mol. The van der Waals surface area contributed by atoms with Gasteiger partial charge in [-0.05, 0) is 5.56 Å². The first-order chi connectivity index (χ1) is 62.1. The minimum atomic E-state index is -4.73. The van der Waals surface area contributed by atoms with Gasteiger partial charge in [0.15, 0.2) is 17.1 Å². The third-order valence-electron chi connectivity index (χ3n) is 18.7. The summed E-state index contributed by atoms with van der Waals surface area (Å²) in [7, 11) is 0. The predicted molar refractivity (Wildman–Crippen MR) is 426 cm³/mol. The number of hydrogen-bond donors (Lipinski definition) is 13. The zero-order valence-electron chi connectivity index (χ0n) is 70.7. The van der Waals surface area contributed by atoms with Crippen molar-refractivity contribution in [3.05, 3.63) is 90.2 Å². The number of benzene rings is 1. The lowest BCUT2D eigenvalue weighted by atomic mass is 9.98. The Labute approximate surface area is 736 Å². The molecule has 7 rings (SSSR count). The average Bonchev–Trinajstić information content (AvgIpc) is 0.824. The van der Waals surface area contributed by atoms with E-state index in [4.69, 9.17) is 90.0 Å². The molecule has 0 unspecified atom stereocenters. The minimum absolute atomic E-state index is 0.104. The van der Waals surface area contributed by atoms with Crippen molar-refractivity contribution < 1.29 is 179 Å². The lowest BCUT2D eigenvalue weighted by Gasteiger charge is -2.38. The minimum Gasteiger partial charge on any atom is -0.445 e. The van der Waals surface area contributed by atoms with Crippen LogP contribution in [0.5, 0.6) is 0 Å². The highest BCUT2D eigenvalue weighted by Crippen LogP contribution is 2.32. The van der Waals surface area contributed by atoms with E-state index in [0.717, 1.165) is 18.6 Å². The molecular formula is C78H116F9N13O29. The molecule has 6 heterocycles. The second-order valence-corrected chi connectivity index (χ2v) is 28.8. The van der Waals surface area contributed by atoms with Crippen molar-refractivity contribution in [2.45, 2.75) is 123 Å². The lowest BCUT2D eigenvalue weighted by molar-refractivity contribution is -0.161. The standard InChI is InChI=1S/C78H116F9N13O29/c79-76(80,81)59-36-88-39-62(97-59)94-53-43-126-56(71(107)68(53)104)46-120-33-30-117-27-24-114-21-18-111-15-9-91-65(101)6-12-123-49-75(100-74(110)129-42-52-4-2-1-3-5-52,50-124-13-7-66(102)92-10-16-112-19-22-115-25-28-118-31-34-121-47-57-72(108)69(105)54(44-127-57)95-63-40-89-37-60(98-63)77(82,83)84)51-125-14-8-67(103)93-11-17-113-20-23-116-26-29-119-32-35-122-48-58-73(109)70(106)55(45-128-58)96-64-41-90-38-61(99-64)78(85,86)87/h1-5,36-41,53-58,68-73,104-109H,6-35,42-51H2,(H,91,101)(H,92,102)(H,93,103)(H,94,97)(H,95,98)(H,96,99)(H,100,110)/t53-,54-,55-,56+,57+,58+,68+,69+,70+,71-,72-,73-/m0/s1. The highest BCUT2D eigenvalue weighted by molar-refractivity contribution is 5.76. The summed E-state index contributed by atoms with van der Waals surface area (Å²) < 4.78 is 224. The molecule has 3 aliphatic rings. The Morgan fingerprint density at radius 3 is 0.899 bits per heavy atom. The zero-order valence-corrected chi connectivity index (χ0v) is 70.7. The van der Waals surface area contributed by atoms with Gasteiger partial charge < -0.3 is 158 Å². The summed E-state index contributed by atoms with van der Waals surface area (Å²) in [6, 6.07) is 5.89. The van der Waals surface area contributed by atoms with Crippen molar-refractivity contribution in [2.75, 3.05) is 254 Å². The molecule has 4 aromatic rings. The van der Waals surface area contributed by atoms with Crippen molar-refractivity contribution in [3.8, 4) is 0 Å². The van der Waals surface area contributed by atoms with Gasteiger partial charge in [-0.15, -0.1) is 0 Å². The second-order valence-electron chi connectivity index (χ2n) is 28.8. The fourth-order valence-corrected chi connectivity index (χ4v) is 11.9. The number of aliphatic hydroxyl groups is 6. The molecule has 51 heteroatoms. The molecule has 4 amide bonds. The normalized spacial score (nSPS) is 21.0.